The normalized spacial score (nSPS) is 21.1. The molecule has 1 N–H and O–H groups in total. The van der Waals surface area contributed by atoms with Gasteiger partial charge in [0.2, 0.25) is 5.91 Å². The predicted molar refractivity (Wildman–Crippen MR) is 121 cm³/mol. The lowest BCUT2D eigenvalue weighted by Gasteiger charge is -2.30. The molecular weight excluding hydrogens is 376 g/mol. The highest BCUT2D eigenvalue weighted by Crippen LogP contribution is 2.39. The fourth-order valence-electron chi connectivity index (χ4n) is 4.70. The Kier molecular flexibility index (Phi) is 8.14. The van der Waals surface area contributed by atoms with Crippen LogP contribution in [-0.4, -0.2) is 68.5 Å². The summed E-state index contributed by atoms with van der Waals surface area (Å²) in [7, 11) is 3.72. The molecule has 0 radical (unpaired) electrons. The van der Waals surface area contributed by atoms with Gasteiger partial charge in [0, 0.05) is 39.6 Å². The lowest BCUT2D eigenvalue weighted by atomic mass is 9.85. The van der Waals surface area contributed by atoms with Gasteiger partial charge in [0.05, 0.1) is 25.2 Å². The maximum atomic E-state index is 12.9. The molecule has 1 saturated carbocycles. The van der Waals surface area contributed by atoms with Gasteiger partial charge in [0.15, 0.2) is 5.96 Å². The number of amides is 1. The summed E-state index contributed by atoms with van der Waals surface area (Å²) < 4.78 is 5.97. The van der Waals surface area contributed by atoms with Gasteiger partial charge in [-0.2, -0.15) is 0 Å². The fourth-order valence-corrected chi connectivity index (χ4v) is 4.70. The first-order valence-electron chi connectivity index (χ1n) is 11.4. The molecule has 0 spiro atoms. The minimum absolute atomic E-state index is 0.230. The van der Waals surface area contributed by atoms with E-state index in [2.05, 4.69) is 29.3 Å². The number of rotatable bonds is 8. The third-order valence-electron chi connectivity index (χ3n) is 6.34. The molecule has 30 heavy (non-hydrogen) atoms. The van der Waals surface area contributed by atoms with Crippen LogP contribution in [0.4, 0.5) is 0 Å². The highest BCUT2D eigenvalue weighted by atomic mass is 16.5. The van der Waals surface area contributed by atoms with Crippen LogP contribution >= 0.6 is 0 Å². The number of nitrogens with one attached hydrogen (secondary N) is 1. The molecule has 1 unspecified atom stereocenters. The minimum atomic E-state index is -0.317. The van der Waals surface area contributed by atoms with E-state index in [1.165, 1.54) is 5.56 Å². The Morgan fingerprint density at radius 3 is 2.67 bits per heavy atom. The summed E-state index contributed by atoms with van der Waals surface area (Å²) in [5, 5.41) is 3.45. The number of nitrogens with zero attached hydrogens (tertiary/aromatic N) is 3. The molecule has 3 rings (SSSR count). The molecule has 1 atom stereocenters. The molecule has 1 saturated heterocycles. The van der Waals surface area contributed by atoms with Crippen LogP contribution in [0.2, 0.25) is 0 Å². The van der Waals surface area contributed by atoms with Crippen molar-refractivity contribution < 1.29 is 9.53 Å². The van der Waals surface area contributed by atoms with Crippen LogP contribution in [0.15, 0.2) is 35.3 Å². The second-order valence-corrected chi connectivity index (χ2v) is 8.96. The van der Waals surface area contributed by atoms with Gasteiger partial charge in [0.25, 0.3) is 0 Å². The van der Waals surface area contributed by atoms with E-state index in [-0.39, 0.29) is 11.3 Å². The Balaban J connectivity index is 1.55. The number of carbonyl (C=O) groups excluding carboxylic acids is 1. The summed E-state index contributed by atoms with van der Waals surface area (Å²) in [4.78, 5) is 21.9. The monoisotopic (exact) mass is 414 g/mol. The molecule has 0 aromatic heterocycles. The smallest absolute Gasteiger partial charge is 0.230 e. The van der Waals surface area contributed by atoms with Crippen molar-refractivity contribution in [2.45, 2.75) is 45.6 Å². The van der Waals surface area contributed by atoms with E-state index >= 15 is 0 Å². The van der Waals surface area contributed by atoms with Crippen molar-refractivity contribution in [2.75, 3.05) is 46.9 Å². The molecular formula is C24H38N4O2. The van der Waals surface area contributed by atoms with Crippen molar-refractivity contribution in [3.05, 3.63) is 35.9 Å². The molecule has 1 aromatic carbocycles. The number of guanidine groups is 1. The first kappa shape index (κ1) is 22.6. The second kappa shape index (κ2) is 10.8. The first-order valence-corrected chi connectivity index (χ1v) is 11.4. The van der Waals surface area contributed by atoms with E-state index in [1.807, 2.05) is 32.3 Å². The molecule has 2 aliphatic rings. The molecule has 0 bridgehead atoms. The molecule has 1 amide bonds. The van der Waals surface area contributed by atoms with Crippen molar-refractivity contribution in [1.82, 2.24) is 15.1 Å². The van der Waals surface area contributed by atoms with Crippen molar-refractivity contribution in [3.8, 4) is 0 Å². The molecule has 2 fully saturated rings. The van der Waals surface area contributed by atoms with Crippen LogP contribution in [0.5, 0.6) is 0 Å². The SMILES string of the molecule is CCNC(=NCC1(C(=O)N(C)C)CCCC1)N1CCC(COCc2ccccc2)C1. The van der Waals surface area contributed by atoms with Crippen molar-refractivity contribution in [2.24, 2.45) is 16.3 Å². The molecule has 1 aliphatic carbocycles. The third kappa shape index (κ3) is 5.75. The van der Waals surface area contributed by atoms with E-state index in [0.29, 0.717) is 19.1 Å². The van der Waals surface area contributed by atoms with Gasteiger partial charge < -0.3 is 19.9 Å². The quantitative estimate of drug-likeness (QED) is 0.524. The molecule has 6 nitrogen and oxygen atoms in total. The summed E-state index contributed by atoms with van der Waals surface area (Å²) in [5.74, 6) is 1.69. The van der Waals surface area contributed by atoms with Gasteiger partial charge in [-0.15, -0.1) is 0 Å². The van der Waals surface area contributed by atoms with Crippen LogP contribution in [0.3, 0.4) is 0 Å². The first-order chi connectivity index (χ1) is 14.5. The van der Waals surface area contributed by atoms with Crippen LogP contribution < -0.4 is 5.32 Å². The lowest BCUT2D eigenvalue weighted by molar-refractivity contribution is -0.138. The number of hydrogen-bond acceptors (Lipinski definition) is 3. The summed E-state index contributed by atoms with van der Waals surface area (Å²) in [6, 6.07) is 10.3. The summed E-state index contributed by atoms with van der Waals surface area (Å²) in [5.41, 5.74) is 0.900. The van der Waals surface area contributed by atoms with E-state index in [4.69, 9.17) is 9.73 Å². The predicted octanol–water partition coefficient (Wildman–Crippen LogP) is 3.14. The topological polar surface area (TPSA) is 57.2 Å². The molecule has 166 valence electrons. The zero-order chi connectivity index (χ0) is 21.4. The number of aliphatic imine (C=N–C) groups is 1. The zero-order valence-corrected chi connectivity index (χ0v) is 18.9. The minimum Gasteiger partial charge on any atom is -0.376 e. The van der Waals surface area contributed by atoms with Crippen molar-refractivity contribution in [1.29, 1.82) is 0 Å². The average Bonchev–Trinajstić information content (AvgIpc) is 3.42. The maximum Gasteiger partial charge on any atom is 0.230 e. The van der Waals surface area contributed by atoms with E-state index in [1.54, 1.807) is 4.90 Å². The fraction of sp³-hybridized carbons (Fsp3) is 0.667. The molecule has 6 heteroatoms. The molecule has 1 aliphatic heterocycles. The Hall–Kier alpha value is -2.08. The van der Waals surface area contributed by atoms with Gasteiger partial charge in [-0.05, 0) is 31.7 Å². The number of carbonyl (C=O) groups is 1. The second-order valence-electron chi connectivity index (χ2n) is 8.96. The van der Waals surface area contributed by atoms with Gasteiger partial charge >= 0.3 is 0 Å². The third-order valence-corrected chi connectivity index (χ3v) is 6.34. The van der Waals surface area contributed by atoms with Crippen molar-refractivity contribution >= 4 is 11.9 Å². The number of ether oxygens (including phenoxy) is 1. The van der Waals surface area contributed by atoms with Crippen LogP contribution in [0.1, 0.15) is 44.6 Å². The van der Waals surface area contributed by atoms with Crippen LogP contribution in [0, 0.1) is 11.3 Å². The van der Waals surface area contributed by atoms with Gasteiger partial charge in [-0.25, -0.2) is 0 Å². The summed E-state index contributed by atoms with van der Waals surface area (Å²) in [6.45, 7) is 6.89. The van der Waals surface area contributed by atoms with Gasteiger partial charge in [-0.1, -0.05) is 43.2 Å². The van der Waals surface area contributed by atoms with Crippen LogP contribution in [0.25, 0.3) is 0 Å². The number of likely N-dealkylation sites (tertiary alicyclic amines) is 1. The number of benzene rings is 1. The van der Waals surface area contributed by atoms with Crippen LogP contribution in [-0.2, 0) is 16.1 Å². The average molecular weight is 415 g/mol. The lowest BCUT2D eigenvalue weighted by Crippen LogP contribution is -2.44. The molecule has 1 heterocycles. The maximum absolute atomic E-state index is 12.9. The molecule has 1 aromatic rings. The highest BCUT2D eigenvalue weighted by molar-refractivity contribution is 5.84. The van der Waals surface area contributed by atoms with E-state index in [0.717, 1.165) is 64.3 Å². The Labute approximate surface area is 181 Å². The van der Waals surface area contributed by atoms with E-state index < -0.39 is 0 Å². The highest BCUT2D eigenvalue weighted by Gasteiger charge is 2.42. The Bertz CT molecular complexity index is 698. The standard InChI is InChI=1S/C24H38N4O2/c1-4-25-23(26-19-24(13-8-9-14-24)22(29)27(2)3)28-15-12-21(16-28)18-30-17-20-10-6-5-7-11-20/h5-7,10-11,21H,4,8-9,12-19H2,1-3H3,(H,25,26). The van der Waals surface area contributed by atoms with E-state index in [9.17, 15) is 4.79 Å². The summed E-state index contributed by atoms with van der Waals surface area (Å²) in [6.07, 6.45) is 5.25. The van der Waals surface area contributed by atoms with Gasteiger partial charge in [-0.3, -0.25) is 9.79 Å². The Morgan fingerprint density at radius 1 is 1.27 bits per heavy atom. The zero-order valence-electron chi connectivity index (χ0n) is 18.9. The van der Waals surface area contributed by atoms with Crippen molar-refractivity contribution in [3.63, 3.8) is 0 Å². The van der Waals surface area contributed by atoms with Gasteiger partial charge in [0.1, 0.15) is 0 Å². The summed E-state index contributed by atoms with van der Waals surface area (Å²) >= 11 is 0. The number of hydrogen-bond donors (Lipinski definition) is 1. The Morgan fingerprint density at radius 2 is 2.00 bits per heavy atom. The largest absolute Gasteiger partial charge is 0.376 e.